The zero-order valence-corrected chi connectivity index (χ0v) is 19.6. The second-order valence-electron chi connectivity index (χ2n) is 8.41. The van der Waals surface area contributed by atoms with Crippen molar-refractivity contribution in [2.75, 3.05) is 5.32 Å². The molecular weight excluding hydrogens is 520 g/mol. The SMILES string of the molecule is C[C@@H](CCCn1cnc2cc(-c3ncc(C(F)F)cn3)c(F)cc2c1=O)Nc1cn[nH]c(=O)c1C(F)(F)F. The molecule has 0 amide bonds. The highest BCUT2D eigenvalue weighted by atomic mass is 19.4. The van der Waals surface area contributed by atoms with Crippen LogP contribution in [0.4, 0.5) is 32.0 Å². The molecule has 4 rings (SSSR count). The van der Waals surface area contributed by atoms with E-state index in [1.807, 2.05) is 0 Å². The van der Waals surface area contributed by atoms with Crippen molar-refractivity contribution in [1.82, 2.24) is 29.7 Å². The number of fused-ring (bicyclic) bond motifs is 1. The van der Waals surface area contributed by atoms with Gasteiger partial charge in [0.05, 0.1) is 40.2 Å². The van der Waals surface area contributed by atoms with E-state index in [2.05, 4.69) is 25.4 Å². The number of benzene rings is 1. The van der Waals surface area contributed by atoms with E-state index in [9.17, 15) is 35.9 Å². The first-order valence-corrected chi connectivity index (χ1v) is 11.2. The van der Waals surface area contributed by atoms with E-state index < -0.39 is 52.4 Å². The van der Waals surface area contributed by atoms with Crippen molar-refractivity contribution < 1.29 is 26.3 Å². The first-order chi connectivity index (χ1) is 18.0. The molecule has 4 aromatic rings. The molecule has 3 heterocycles. The highest BCUT2D eigenvalue weighted by molar-refractivity contribution is 5.82. The molecule has 200 valence electrons. The van der Waals surface area contributed by atoms with Crippen LogP contribution in [-0.2, 0) is 12.7 Å². The molecule has 38 heavy (non-hydrogen) atoms. The number of aryl methyl sites for hydroxylation is 1. The Bertz CT molecular complexity index is 1570. The average Bonchev–Trinajstić information content (AvgIpc) is 2.85. The summed E-state index contributed by atoms with van der Waals surface area (Å²) in [5, 5.41) is 7.74. The summed E-state index contributed by atoms with van der Waals surface area (Å²) in [4.78, 5) is 36.1. The zero-order valence-electron chi connectivity index (χ0n) is 19.6. The second-order valence-corrected chi connectivity index (χ2v) is 8.41. The Morgan fingerprint density at radius 1 is 1.08 bits per heavy atom. The molecule has 1 aromatic carbocycles. The lowest BCUT2D eigenvalue weighted by molar-refractivity contribution is -0.138. The van der Waals surface area contributed by atoms with Crippen LogP contribution in [0.2, 0.25) is 0 Å². The Labute approximate surface area is 209 Å². The molecule has 15 heteroatoms. The Kier molecular flexibility index (Phi) is 7.46. The Hall–Kier alpha value is -4.30. The van der Waals surface area contributed by atoms with Crippen LogP contribution in [0.5, 0.6) is 0 Å². The largest absolute Gasteiger partial charge is 0.423 e. The maximum absolute atomic E-state index is 14.8. The molecular formula is C23H19F6N7O2. The third kappa shape index (κ3) is 5.65. The van der Waals surface area contributed by atoms with Crippen LogP contribution in [0.3, 0.4) is 0 Å². The first kappa shape index (κ1) is 26.8. The van der Waals surface area contributed by atoms with Gasteiger partial charge in [-0.25, -0.2) is 33.2 Å². The molecule has 1 atom stereocenters. The lowest BCUT2D eigenvalue weighted by atomic mass is 10.1. The van der Waals surface area contributed by atoms with Gasteiger partial charge in [-0.05, 0) is 31.9 Å². The predicted octanol–water partition coefficient (Wildman–Crippen LogP) is 4.31. The van der Waals surface area contributed by atoms with Gasteiger partial charge in [0.1, 0.15) is 11.4 Å². The number of aromatic nitrogens is 6. The van der Waals surface area contributed by atoms with E-state index in [1.54, 1.807) is 12.0 Å². The summed E-state index contributed by atoms with van der Waals surface area (Å²) >= 11 is 0. The van der Waals surface area contributed by atoms with Crippen molar-refractivity contribution in [3.63, 3.8) is 0 Å². The molecule has 0 saturated carbocycles. The molecule has 2 N–H and O–H groups in total. The molecule has 0 aliphatic carbocycles. The van der Waals surface area contributed by atoms with Crippen molar-refractivity contribution in [3.8, 4) is 11.4 Å². The quantitative estimate of drug-likeness (QED) is 0.320. The summed E-state index contributed by atoms with van der Waals surface area (Å²) in [7, 11) is 0. The number of nitrogens with zero attached hydrogens (tertiary/aromatic N) is 5. The van der Waals surface area contributed by atoms with Gasteiger partial charge in [-0.15, -0.1) is 0 Å². The average molecular weight is 539 g/mol. The Balaban J connectivity index is 1.47. The van der Waals surface area contributed by atoms with Crippen LogP contribution >= 0.6 is 0 Å². The summed E-state index contributed by atoms with van der Waals surface area (Å²) in [5.74, 6) is -0.991. The fourth-order valence-corrected chi connectivity index (χ4v) is 3.79. The van der Waals surface area contributed by atoms with Gasteiger partial charge in [-0.1, -0.05) is 0 Å². The van der Waals surface area contributed by atoms with Gasteiger partial charge < -0.3 is 5.32 Å². The molecule has 3 aromatic heterocycles. The lowest BCUT2D eigenvalue weighted by Crippen LogP contribution is -2.27. The number of nitrogens with one attached hydrogen (secondary N) is 2. The third-order valence-corrected chi connectivity index (χ3v) is 5.66. The van der Waals surface area contributed by atoms with Gasteiger partial charge in [-0.2, -0.15) is 18.3 Å². The summed E-state index contributed by atoms with van der Waals surface area (Å²) in [6.07, 6.45) is -3.12. The molecule has 0 bridgehead atoms. The van der Waals surface area contributed by atoms with E-state index in [1.165, 1.54) is 17.0 Å². The van der Waals surface area contributed by atoms with E-state index in [-0.39, 0.29) is 28.8 Å². The van der Waals surface area contributed by atoms with Crippen molar-refractivity contribution in [3.05, 3.63) is 74.7 Å². The van der Waals surface area contributed by atoms with Gasteiger partial charge in [-0.3, -0.25) is 14.2 Å². The Morgan fingerprint density at radius 3 is 2.45 bits per heavy atom. The number of H-pyrrole nitrogens is 1. The fraction of sp³-hybridized carbons (Fsp3) is 0.304. The first-order valence-electron chi connectivity index (χ1n) is 11.2. The number of aromatic amines is 1. The van der Waals surface area contributed by atoms with Crippen molar-refractivity contribution in [2.45, 2.75) is 45.0 Å². The van der Waals surface area contributed by atoms with E-state index in [4.69, 9.17) is 0 Å². The molecule has 0 unspecified atom stereocenters. The van der Waals surface area contributed by atoms with Crippen LogP contribution in [0.1, 0.15) is 37.3 Å². The van der Waals surface area contributed by atoms with Gasteiger partial charge in [0, 0.05) is 25.0 Å². The summed E-state index contributed by atoms with van der Waals surface area (Å²) < 4.78 is 81.0. The number of alkyl halides is 5. The molecule has 0 radical (unpaired) electrons. The highest BCUT2D eigenvalue weighted by Gasteiger charge is 2.37. The minimum Gasteiger partial charge on any atom is -0.381 e. The van der Waals surface area contributed by atoms with Crippen LogP contribution in [-0.4, -0.2) is 35.8 Å². The number of rotatable bonds is 8. The standard InChI is InChI=1S/C23H19F6N7O2/c1-11(34-17-9-33-35-21(37)18(17)23(27,28)29)3-2-4-36-10-32-16-6-13(15(24)5-14(16)22(36)38)20-30-7-12(8-31-20)19(25)26/h5-11,19H,2-4H2,1H3,(H2,34,35,37)/t11-/m0/s1. The summed E-state index contributed by atoms with van der Waals surface area (Å²) in [6.45, 7) is 1.74. The molecule has 0 spiro atoms. The number of hydrogen-bond acceptors (Lipinski definition) is 7. The van der Waals surface area contributed by atoms with E-state index in [0.29, 0.717) is 12.8 Å². The van der Waals surface area contributed by atoms with E-state index in [0.717, 1.165) is 24.7 Å². The van der Waals surface area contributed by atoms with Gasteiger partial charge in [0.2, 0.25) is 0 Å². The van der Waals surface area contributed by atoms with Crippen molar-refractivity contribution in [2.24, 2.45) is 0 Å². The second kappa shape index (κ2) is 10.6. The molecule has 0 aliphatic rings. The third-order valence-electron chi connectivity index (χ3n) is 5.66. The van der Waals surface area contributed by atoms with Gasteiger partial charge >= 0.3 is 6.18 Å². The van der Waals surface area contributed by atoms with Crippen molar-refractivity contribution >= 4 is 16.6 Å². The minimum absolute atomic E-state index is 0.0338. The Morgan fingerprint density at radius 2 is 1.79 bits per heavy atom. The van der Waals surface area contributed by atoms with Crippen LogP contribution in [0.25, 0.3) is 22.3 Å². The zero-order chi connectivity index (χ0) is 27.6. The van der Waals surface area contributed by atoms with Gasteiger partial charge in [0.15, 0.2) is 5.82 Å². The highest BCUT2D eigenvalue weighted by Crippen LogP contribution is 2.32. The maximum Gasteiger partial charge on any atom is 0.423 e. The summed E-state index contributed by atoms with van der Waals surface area (Å²) in [5.41, 5.74) is -4.15. The molecule has 0 aliphatic heterocycles. The maximum atomic E-state index is 14.8. The topological polar surface area (TPSA) is 118 Å². The fourth-order valence-electron chi connectivity index (χ4n) is 3.79. The normalized spacial score (nSPS) is 12.7. The smallest absolute Gasteiger partial charge is 0.381 e. The van der Waals surface area contributed by atoms with Crippen molar-refractivity contribution in [1.29, 1.82) is 0 Å². The van der Waals surface area contributed by atoms with Crippen LogP contribution < -0.4 is 16.4 Å². The number of halogens is 6. The molecule has 9 nitrogen and oxygen atoms in total. The van der Waals surface area contributed by atoms with Gasteiger partial charge in [0.25, 0.3) is 17.5 Å². The number of anilines is 1. The summed E-state index contributed by atoms with van der Waals surface area (Å²) in [6, 6.07) is 1.69. The number of hydrogen-bond donors (Lipinski definition) is 2. The molecule has 0 saturated heterocycles. The monoisotopic (exact) mass is 539 g/mol. The van der Waals surface area contributed by atoms with E-state index >= 15 is 0 Å². The lowest BCUT2D eigenvalue weighted by Gasteiger charge is -2.18. The molecule has 0 fully saturated rings. The van der Waals surface area contributed by atoms with Crippen LogP contribution in [0, 0.1) is 5.82 Å². The predicted molar refractivity (Wildman–Crippen MR) is 124 cm³/mol. The minimum atomic E-state index is -4.88. The van der Waals surface area contributed by atoms with Crippen LogP contribution in [0.15, 0.2) is 46.6 Å².